The van der Waals surface area contributed by atoms with E-state index in [9.17, 15) is 4.79 Å². The average molecular weight is 363 g/mol. The molecule has 0 heterocycles. The van der Waals surface area contributed by atoms with Gasteiger partial charge in [0, 0.05) is 29.8 Å². The van der Waals surface area contributed by atoms with E-state index in [4.69, 9.17) is 0 Å². The number of rotatable bonds is 6. The molecule has 0 spiro atoms. The zero-order valence-corrected chi connectivity index (χ0v) is 13.1. The lowest BCUT2D eigenvalue weighted by molar-refractivity contribution is -0.130. The first-order valence-corrected chi connectivity index (χ1v) is 7.59. The van der Waals surface area contributed by atoms with Crippen LogP contribution in [-0.2, 0) is 11.3 Å². The first-order valence-electron chi connectivity index (χ1n) is 5.68. The van der Waals surface area contributed by atoms with Crippen LogP contribution in [0.1, 0.15) is 24.8 Å². The number of benzene rings is 1. The summed E-state index contributed by atoms with van der Waals surface area (Å²) in [6, 6.07) is 8.07. The first-order chi connectivity index (χ1) is 8.13. The predicted molar refractivity (Wildman–Crippen MR) is 78.3 cm³/mol. The van der Waals surface area contributed by atoms with Gasteiger partial charge in [-0.05, 0) is 30.5 Å². The van der Waals surface area contributed by atoms with E-state index < -0.39 is 0 Å². The van der Waals surface area contributed by atoms with Crippen LogP contribution in [0.3, 0.4) is 0 Å². The van der Waals surface area contributed by atoms with Gasteiger partial charge in [0.25, 0.3) is 0 Å². The Morgan fingerprint density at radius 2 is 1.88 bits per heavy atom. The van der Waals surface area contributed by atoms with Crippen molar-refractivity contribution in [3.63, 3.8) is 0 Å². The summed E-state index contributed by atoms with van der Waals surface area (Å²) in [5.41, 5.74) is 1.16. The number of unbranched alkanes of at least 4 members (excludes halogenated alkanes) is 1. The van der Waals surface area contributed by atoms with Crippen LogP contribution in [0.15, 0.2) is 28.7 Å². The summed E-state index contributed by atoms with van der Waals surface area (Å²) in [7, 11) is 1.86. The maximum Gasteiger partial charge on any atom is 0.222 e. The Balaban J connectivity index is 2.40. The van der Waals surface area contributed by atoms with Crippen LogP contribution >= 0.6 is 31.9 Å². The Bertz CT molecular complexity index is 351. The van der Waals surface area contributed by atoms with Crippen LogP contribution in [0, 0.1) is 0 Å². The molecule has 4 heteroatoms. The molecule has 0 fully saturated rings. The van der Waals surface area contributed by atoms with Crippen molar-refractivity contribution in [2.45, 2.75) is 25.8 Å². The number of amides is 1. The summed E-state index contributed by atoms with van der Waals surface area (Å²) in [5, 5.41) is 0.969. The van der Waals surface area contributed by atoms with Gasteiger partial charge in [-0.15, -0.1) is 0 Å². The van der Waals surface area contributed by atoms with Crippen molar-refractivity contribution in [3.05, 3.63) is 34.3 Å². The highest BCUT2D eigenvalue weighted by molar-refractivity contribution is 9.10. The van der Waals surface area contributed by atoms with Gasteiger partial charge in [0.15, 0.2) is 0 Å². The Labute approximate surface area is 120 Å². The van der Waals surface area contributed by atoms with Crippen molar-refractivity contribution < 1.29 is 4.79 Å². The normalized spacial score (nSPS) is 10.3. The molecule has 0 aliphatic carbocycles. The lowest BCUT2D eigenvalue weighted by Crippen LogP contribution is -2.25. The molecule has 0 bridgehead atoms. The zero-order chi connectivity index (χ0) is 12.7. The third kappa shape index (κ3) is 5.68. The monoisotopic (exact) mass is 361 g/mol. The number of hydrogen-bond donors (Lipinski definition) is 0. The lowest BCUT2D eigenvalue weighted by atomic mass is 10.2. The predicted octanol–water partition coefficient (Wildman–Crippen LogP) is 3.97. The summed E-state index contributed by atoms with van der Waals surface area (Å²) in [5.74, 6) is 0.217. The lowest BCUT2D eigenvalue weighted by Gasteiger charge is -2.17. The maximum atomic E-state index is 11.8. The van der Waals surface area contributed by atoms with Gasteiger partial charge in [-0.25, -0.2) is 0 Å². The fraction of sp³-hybridized carbons (Fsp3) is 0.462. The molecule has 0 N–H and O–H groups in total. The van der Waals surface area contributed by atoms with Crippen molar-refractivity contribution in [2.75, 3.05) is 12.4 Å². The summed E-state index contributed by atoms with van der Waals surface area (Å²) in [6.07, 6.45) is 2.64. The molecule has 0 unspecified atom stereocenters. The summed E-state index contributed by atoms with van der Waals surface area (Å²) in [4.78, 5) is 13.6. The number of carbonyl (C=O) groups is 1. The minimum absolute atomic E-state index is 0.217. The largest absolute Gasteiger partial charge is 0.341 e. The van der Waals surface area contributed by atoms with Crippen LogP contribution in [-0.4, -0.2) is 23.2 Å². The van der Waals surface area contributed by atoms with Gasteiger partial charge >= 0.3 is 0 Å². The Morgan fingerprint density at radius 1 is 1.24 bits per heavy atom. The first kappa shape index (κ1) is 14.7. The standard InChI is InChI=1S/C13H17Br2NO/c1-16(13(17)4-2-3-9-14)10-11-5-7-12(15)8-6-11/h5-8H,2-4,9-10H2,1H3. The Morgan fingerprint density at radius 3 is 2.47 bits per heavy atom. The van der Waals surface area contributed by atoms with E-state index in [1.165, 1.54) is 0 Å². The van der Waals surface area contributed by atoms with Crippen molar-refractivity contribution >= 4 is 37.8 Å². The second-order valence-electron chi connectivity index (χ2n) is 4.02. The molecule has 0 radical (unpaired) electrons. The van der Waals surface area contributed by atoms with Crippen LogP contribution in [0.2, 0.25) is 0 Å². The van der Waals surface area contributed by atoms with Gasteiger partial charge in [0.2, 0.25) is 5.91 Å². The van der Waals surface area contributed by atoms with Crippen LogP contribution in [0.4, 0.5) is 0 Å². The molecular formula is C13H17Br2NO. The van der Waals surface area contributed by atoms with E-state index >= 15 is 0 Å². The molecular weight excluding hydrogens is 346 g/mol. The van der Waals surface area contributed by atoms with E-state index in [0.29, 0.717) is 13.0 Å². The molecule has 0 saturated heterocycles. The molecule has 0 aromatic heterocycles. The smallest absolute Gasteiger partial charge is 0.222 e. The molecule has 1 aromatic carbocycles. The van der Waals surface area contributed by atoms with Crippen molar-refractivity contribution in [1.29, 1.82) is 0 Å². The zero-order valence-electron chi connectivity index (χ0n) is 9.96. The van der Waals surface area contributed by atoms with Gasteiger partial charge in [-0.3, -0.25) is 4.79 Å². The minimum atomic E-state index is 0.217. The molecule has 0 atom stereocenters. The van der Waals surface area contributed by atoms with Gasteiger partial charge in [0.1, 0.15) is 0 Å². The highest BCUT2D eigenvalue weighted by Crippen LogP contribution is 2.12. The number of alkyl halides is 1. The van der Waals surface area contributed by atoms with E-state index in [0.717, 1.165) is 28.2 Å². The minimum Gasteiger partial charge on any atom is -0.341 e. The Hall–Kier alpha value is -0.350. The van der Waals surface area contributed by atoms with E-state index in [1.54, 1.807) is 4.90 Å². The molecule has 17 heavy (non-hydrogen) atoms. The summed E-state index contributed by atoms with van der Waals surface area (Å²) in [6.45, 7) is 0.681. The summed E-state index contributed by atoms with van der Waals surface area (Å²) < 4.78 is 1.06. The number of halogens is 2. The van der Waals surface area contributed by atoms with Gasteiger partial charge < -0.3 is 4.90 Å². The highest BCUT2D eigenvalue weighted by atomic mass is 79.9. The average Bonchev–Trinajstić information content (AvgIpc) is 2.32. The number of carbonyl (C=O) groups excluding carboxylic acids is 1. The molecule has 94 valence electrons. The molecule has 1 amide bonds. The number of hydrogen-bond acceptors (Lipinski definition) is 1. The second kappa shape index (κ2) is 7.88. The van der Waals surface area contributed by atoms with Crippen molar-refractivity contribution in [1.82, 2.24) is 4.90 Å². The van der Waals surface area contributed by atoms with Gasteiger partial charge in [-0.1, -0.05) is 44.0 Å². The fourth-order valence-electron chi connectivity index (χ4n) is 1.51. The van der Waals surface area contributed by atoms with Crippen LogP contribution < -0.4 is 0 Å². The third-order valence-corrected chi connectivity index (χ3v) is 3.62. The molecule has 1 aromatic rings. The number of nitrogens with zero attached hydrogens (tertiary/aromatic N) is 1. The molecule has 0 saturated carbocycles. The van der Waals surface area contributed by atoms with Crippen molar-refractivity contribution in [3.8, 4) is 0 Å². The molecule has 0 aliphatic heterocycles. The molecule has 2 nitrogen and oxygen atoms in total. The van der Waals surface area contributed by atoms with E-state index in [1.807, 2.05) is 31.3 Å². The highest BCUT2D eigenvalue weighted by Gasteiger charge is 2.08. The third-order valence-electron chi connectivity index (χ3n) is 2.53. The van der Waals surface area contributed by atoms with Crippen LogP contribution in [0.25, 0.3) is 0 Å². The van der Waals surface area contributed by atoms with E-state index in [2.05, 4.69) is 31.9 Å². The maximum absolute atomic E-state index is 11.8. The quantitative estimate of drug-likeness (QED) is 0.553. The fourth-order valence-corrected chi connectivity index (χ4v) is 2.17. The Kier molecular flexibility index (Phi) is 6.82. The van der Waals surface area contributed by atoms with E-state index in [-0.39, 0.29) is 5.91 Å². The molecule has 1 rings (SSSR count). The van der Waals surface area contributed by atoms with Gasteiger partial charge in [-0.2, -0.15) is 0 Å². The van der Waals surface area contributed by atoms with Crippen molar-refractivity contribution in [2.24, 2.45) is 0 Å². The molecule has 0 aliphatic rings. The second-order valence-corrected chi connectivity index (χ2v) is 5.73. The summed E-state index contributed by atoms with van der Waals surface area (Å²) >= 11 is 6.77. The van der Waals surface area contributed by atoms with Gasteiger partial charge in [0.05, 0.1) is 0 Å². The SMILES string of the molecule is CN(Cc1ccc(Br)cc1)C(=O)CCCCBr. The van der Waals surface area contributed by atoms with Crippen LogP contribution in [0.5, 0.6) is 0 Å². The topological polar surface area (TPSA) is 20.3 Å².